The molecule has 0 fully saturated rings. The summed E-state index contributed by atoms with van der Waals surface area (Å²) in [6.45, 7) is 4.44. The van der Waals surface area contributed by atoms with E-state index in [1.807, 2.05) is 0 Å². The summed E-state index contributed by atoms with van der Waals surface area (Å²) in [5.74, 6) is 0. The van der Waals surface area contributed by atoms with Crippen LogP contribution in [0.15, 0.2) is 0 Å². The molecule has 0 aromatic carbocycles. The molecular weight excluding hydrogens is 141 g/mol. The van der Waals surface area contributed by atoms with Gasteiger partial charge in [0.1, 0.15) is 0 Å². The third kappa shape index (κ3) is 3.08. The van der Waals surface area contributed by atoms with E-state index in [2.05, 4.69) is 0 Å². The topological polar surface area (TPSA) is 63.9 Å². The molecular formula is C4H14NO3P. The monoisotopic (exact) mass is 155 g/mol. The average Bonchev–Trinajstić information content (AvgIpc) is 1.65. The summed E-state index contributed by atoms with van der Waals surface area (Å²) in [4.78, 5) is 26.0. The van der Waals surface area contributed by atoms with Crippen molar-refractivity contribution in [3.05, 3.63) is 0 Å². The van der Waals surface area contributed by atoms with Crippen molar-refractivity contribution < 1.29 is 14.7 Å². The van der Waals surface area contributed by atoms with Crippen molar-refractivity contribution in [3.63, 3.8) is 0 Å². The van der Waals surface area contributed by atoms with Crippen LogP contribution in [0.1, 0.15) is 13.8 Å². The quantitative estimate of drug-likeness (QED) is 0.490. The zero-order chi connectivity index (χ0) is 7.49. The summed E-state index contributed by atoms with van der Waals surface area (Å²) in [7, 11) is -3.95. The van der Waals surface area contributed by atoms with Crippen molar-refractivity contribution in [2.24, 2.45) is 0 Å². The number of hydrogen-bond donors (Lipinski definition) is 3. The van der Waals surface area contributed by atoms with E-state index in [1.54, 1.807) is 13.8 Å². The van der Waals surface area contributed by atoms with Gasteiger partial charge in [-0.15, -0.1) is 0 Å². The first-order valence-corrected chi connectivity index (χ1v) is 4.73. The fraction of sp³-hybridized carbons (Fsp3) is 1.00. The Morgan fingerprint density at radius 1 is 1.11 bits per heavy atom. The molecule has 0 unspecified atom stereocenters. The minimum atomic E-state index is -3.95. The molecule has 0 aromatic heterocycles. The van der Waals surface area contributed by atoms with Gasteiger partial charge in [0.2, 0.25) is 0 Å². The minimum absolute atomic E-state index is 0.465. The van der Waals surface area contributed by atoms with Gasteiger partial charge in [-0.25, -0.2) is 0 Å². The second-order valence-corrected chi connectivity index (χ2v) is 3.60. The van der Waals surface area contributed by atoms with Crippen LogP contribution in [0.4, 0.5) is 0 Å². The van der Waals surface area contributed by atoms with Crippen molar-refractivity contribution in [1.82, 2.24) is 4.67 Å². The Bertz CT molecular complexity index is 78.4. The zero-order valence-electron chi connectivity index (χ0n) is 5.70. The van der Waals surface area contributed by atoms with Gasteiger partial charge in [0.25, 0.3) is 0 Å². The van der Waals surface area contributed by atoms with Crippen molar-refractivity contribution in [2.75, 3.05) is 13.1 Å². The molecule has 58 valence electrons. The van der Waals surface area contributed by atoms with E-state index in [-0.39, 0.29) is 0 Å². The van der Waals surface area contributed by atoms with E-state index in [0.29, 0.717) is 13.1 Å². The summed E-state index contributed by atoms with van der Waals surface area (Å²) in [5.41, 5.74) is 0. The summed E-state index contributed by atoms with van der Waals surface area (Å²) < 4.78 is 1.24. The fourth-order valence-corrected chi connectivity index (χ4v) is 1.50. The first-order chi connectivity index (χ1) is 4.02. The molecule has 4 nitrogen and oxygen atoms in total. The van der Waals surface area contributed by atoms with Gasteiger partial charge in [-0.2, -0.15) is 0 Å². The second kappa shape index (κ2) is 3.44. The van der Waals surface area contributed by atoms with E-state index >= 15 is 0 Å². The van der Waals surface area contributed by atoms with E-state index in [0.717, 1.165) is 0 Å². The summed E-state index contributed by atoms with van der Waals surface area (Å²) in [5, 5.41) is 0. The summed E-state index contributed by atoms with van der Waals surface area (Å²) in [6, 6.07) is 0. The first-order valence-electron chi connectivity index (χ1n) is 2.94. The van der Waals surface area contributed by atoms with Gasteiger partial charge in [0.15, 0.2) is 0 Å². The van der Waals surface area contributed by atoms with Gasteiger partial charge >= 0.3 is 54.4 Å². The number of hydrogen-bond acceptors (Lipinski definition) is 4. The maximum atomic E-state index is 8.65. The molecule has 3 N–H and O–H groups in total. The van der Waals surface area contributed by atoms with E-state index in [4.69, 9.17) is 14.7 Å². The van der Waals surface area contributed by atoms with Crippen LogP contribution in [0.3, 0.4) is 0 Å². The van der Waals surface area contributed by atoms with Gasteiger partial charge < -0.3 is 0 Å². The predicted molar refractivity (Wildman–Crippen MR) is 37.9 cm³/mol. The standard InChI is InChI=1S/C4H14NO3P/c1-3-5(4-2)9(6,7)8/h6-9H,3-4H2,1-2H3. The third-order valence-electron chi connectivity index (χ3n) is 1.19. The van der Waals surface area contributed by atoms with Crippen LogP contribution in [0.5, 0.6) is 0 Å². The number of nitrogens with zero attached hydrogens (tertiary/aromatic N) is 1. The first kappa shape index (κ1) is 9.27. The molecule has 9 heavy (non-hydrogen) atoms. The fourth-order valence-electron chi connectivity index (χ4n) is 0.648. The SMILES string of the molecule is CCN(CC)[PH](O)(O)O. The Hall–Kier alpha value is 0.270. The molecule has 0 atom stereocenters. The molecule has 0 aliphatic heterocycles. The van der Waals surface area contributed by atoms with E-state index in [1.165, 1.54) is 4.67 Å². The molecule has 0 aliphatic carbocycles. The van der Waals surface area contributed by atoms with Crippen molar-refractivity contribution in [3.8, 4) is 0 Å². The molecule has 0 aliphatic rings. The molecule has 0 amide bonds. The van der Waals surface area contributed by atoms with Crippen LogP contribution in [-0.2, 0) is 0 Å². The molecule has 0 bridgehead atoms. The maximum absolute atomic E-state index is 8.65. The summed E-state index contributed by atoms with van der Waals surface area (Å²) in [6.07, 6.45) is 0. The zero-order valence-corrected chi connectivity index (χ0v) is 6.70. The third-order valence-corrected chi connectivity index (χ3v) is 2.67. The van der Waals surface area contributed by atoms with Crippen LogP contribution in [-0.4, -0.2) is 32.4 Å². The Balaban J connectivity index is 3.79. The van der Waals surface area contributed by atoms with Crippen molar-refractivity contribution in [2.45, 2.75) is 13.8 Å². The predicted octanol–water partition coefficient (Wildman–Crippen LogP) is -0.285. The molecule has 0 aromatic rings. The van der Waals surface area contributed by atoms with E-state index < -0.39 is 8.09 Å². The average molecular weight is 155 g/mol. The van der Waals surface area contributed by atoms with Gasteiger partial charge in [0.05, 0.1) is 0 Å². The van der Waals surface area contributed by atoms with Crippen molar-refractivity contribution >= 4 is 8.09 Å². The van der Waals surface area contributed by atoms with Crippen molar-refractivity contribution in [1.29, 1.82) is 0 Å². The molecule has 0 radical (unpaired) electrons. The van der Waals surface area contributed by atoms with Gasteiger partial charge in [-0.1, -0.05) is 0 Å². The molecule has 0 spiro atoms. The molecule has 0 heterocycles. The Kier molecular flexibility index (Phi) is 3.54. The van der Waals surface area contributed by atoms with Crippen LogP contribution in [0.25, 0.3) is 0 Å². The normalized spacial score (nSPS) is 14.4. The van der Waals surface area contributed by atoms with Crippen LogP contribution < -0.4 is 0 Å². The van der Waals surface area contributed by atoms with Crippen LogP contribution in [0, 0.1) is 0 Å². The van der Waals surface area contributed by atoms with Crippen LogP contribution in [0.2, 0.25) is 0 Å². The Morgan fingerprint density at radius 2 is 1.44 bits per heavy atom. The summed E-state index contributed by atoms with van der Waals surface area (Å²) >= 11 is 0. The molecule has 0 saturated heterocycles. The Morgan fingerprint density at radius 3 is 1.44 bits per heavy atom. The van der Waals surface area contributed by atoms with Gasteiger partial charge in [-0.3, -0.25) is 0 Å². The Labute approximate surface area is 55.4 Å². The molecule has 0 rings (SSSR count). The van der Waals surface area contributed by atoms with Gasteiger partial charge in [-0.05, 0) is 0 Å². The van der Waals surface area contributed by atoms with Gasteiger partial charge in [0, 0.05) is 0 Å². The molecule has 0 saturated carbocycles. The number of rotatable bonds is 3. The second-order valence-electron chi connectivity index (χ2n) is 1.77. The van der Waals surface area contributed by atoms with Crippen LogP contribution >= 0.6 is 8.09 Å². The van der Waals surface area contributed by atoms with E-state index in [9.17, 15) is 0 Å². The molecule has 5 heteroatoms.